The Morgan fingerprint density at radius 2 is 1.54 bits per heavy atom. The van der Waals surface area contributed by atoms with Gasteiger partial charge in [-0.1, -0.05) is 35.3 Å². The number of anilines is 1. The van der Waals surface area contributed by atoms with Crippen molar-refractivity contribution in [1.29, 1.82) is 0 Å². The van der Waals surface area contributed by atoms with Gasteiger partial charge in [0, 0.05) is 10.0 Å². The molecule has 0 spiro atoms. The Morgan fingerprint density at radius 1 is 0.958 bits per heavy atom. The highest BCUT2D eigenvalue weighted by Gasteiger charge is 2.16. The van der Waals surface area contributed by atoms with Crippen molar-refractivity contribution in [2.45, 2.75) is 11.4 Å². The van der Waals surface area contributed by atoms with E-state index in [4.69, 9.17) is 23.2 Å². The average Bonchev–Trinajstić information content (AvgIpc) is 2.96. The molecule has 1 N–H and O–H groups in total. The Kier molecular flexibility index (Phi) is 4.75. The number of hydrogen-bond acceptors (Lipinski definition) is 4. The van der Waals surface area contributed by atoms with Gasteiger partial charge in [-0.25, -0.2) is 17.8 Å². The summed E-state index contributed by atoms with van der Waals surface area (Å²) in [6.45, 7) is 0.451. The molecule has 0 saturated carbocycles. The smallest absolute Gasteiger partial charge is 0.246 e. The fourth-order valence-corrected chi connectivity index (χ4v) is 3.19. The van der Waals surface area contributed by atoms with Gasteiger partial charge in [-0.2, -0.15) is 4.98 Å². The van der Waals surface area contributed by atoms with Crippen LogP contribution in [0.15, 0.2) is 59.8 Å². The summed E-state index contributed by atoms with van der Waals surface area (Å²) in [4.78, 5) is 4.05. The number of benzene rings is 2. The van der Waals surface area contributed by atoms with E-state index in [0.717, 1.165) is 5.56 Å². The van der Waals surface area contributed by atoms with Crippen LogP contribution in [0, 0.1) is 0 Å². The average molecular weight is 383 g/mol. The van der Waals surface area contributed by atoms with E-state index >= 15 is 0 Å². The Balaban J connectivity index is 1.73. The van der Waals surface area contributed by atoms with Gasteiger partial charge in [0.1, 0.15) is 6.33 Å². The Bertz CT molecular complexity index is 938. The van der Waals surface area contributed by atoms with E-state index in [2.05, 4.69) is 14.8 Å². The van der Waals surface area contributed by atoms with Crippen LogP contribution < -0.4 is 4.72 Å². The van der Waals surface area contributed by atoms with Crippen molar-refractivity contribution in [2.75, 3.05) is 4.72 Å². The largest absolute Gasteiger partial charge is 0.264 e. The van der Waals surface area contributed by atoms with Gasteiger partial charge in [0.25, 0.3) is 16.0 Å². The molecule has 0 aliphatic heterocycles. The first-order valence-electron chi connectivity index (χ1n) is 6.85. The van der Waals surface area contributed by atoms with Crippen LogP contribution in [0.3, 0.4) is 0 Å². The summed E-state index contributed by atoms with van der Waals surface area (Å²) < 4.78 is 28.4. The van der Waals surface area contributed by atoms with Crippen molar-refractivity contribution in [3.8, 4) is 0 Å². The summed E-state index contributed by atoms with van der Waals surface area (Å²) in [5.74, 6) is -0.00101. The molecule has 3 aromatic rings. The van der Waals surface area contributed by atoms with Crippen LogP contribution in [0.4, 0.5) is 5.95 Å². The first-order chi connectivity index (χ1) is 11.4. The standard InChI is InChI=1S/C15H12Cl2N4O2S/c16-12-3-1-11(2-4-12)9-21-10-18-15(19-21)20-24(22,23)14-7-5-13(17)6-8-14/h1-8,10H,9H2,(H,19,20). The van der Waals surface area contributed by atoms with Gasteiger partial charge in [-0.3, -0.25) is 0 Å². The Morgan fingerprint density at radius 3 is 2.17 bits per heavy atom. The van der Waals surface area contributed by atoms with Crippen LogP contribution in [0.5, 0.6) is 0 Å². The van der Waals surface area contributed by atoms with E-state index in [1.54, 1.807) is 12.1 Å². The molecule has 9 heteroatoms. The molecule has 24 heavy (non-hydrogen) atoms. The van der Waals surface area contributed by atoms with Crippen molar-refractivity contribution in [1.82, 2.24) is 14.8 Å². The number of nitrogens with zero attached hydrogens (tertiary/aromatic N) is 3. The highest BCUT2D eigenvalue weighted by atomic mass is 35.5. The molecule has 0 atom stereocenters. The zero-order valence-electron chi connectivity index (χ0n) is 12.2. The van der Waals surface area contributed by atoms with Crippen molar-refractivity contribution in [3.63, 3.8) is 0 Å². The SMILES string of the molecule is O=S(=O)(Nc1ncn(Cc2ccc(Cl)cc2)n1)c1ccc(Cl)cc1. The molecule has 124 valence electrons. The Hall–Kier alpha value is -2.09. The Labute approximate surface area is 149 Å². The van der Waals surface area contributed by atoms with Crippen LogP contribution in [0.2, 0.25) is 10.0 Å². The molecule has 0 amide bonds. The number of rotatable bonds is 5. The predicted molar refractivity (Wildman–Crippen MR) is 92.8 cm³/mol. The summed E-state index contributed by atoms with van der Waals surface area (Å²) in [5, 5.41) is 5.22. The molecule has 0 saturated heterocycles. The topological polar surface area (TPSA) is 76.9 Å². The molecule has 6 nitrogen and oxygen atoms in total. The van der Waals surface area contributed by atoms with Crippen molar-refractivity contribution < 1.29 is 8.42 Å². The minimum Gasteiger partial charge on any atom is -0.246 e. The summed E-state index contributed by atoms with van der Waals surface area (Å²) in [6.07, 6.45) is 1.45. The van der Waals surface area contributed by atoms with E-state index in [1.165, 1.54) is 35.3 Å². The lowest BCUT2D eigenvalue weighted by atomic mass is 10.2. The van der Waals surface area contributed by atoms with Gasteiger partial charge in [-0.15, -0.1) is 5.10 Å². The number of nitrogens with one attached hydrogen (secondary N) is 1. The predicted octanol–water partition coefficient (Wildman–Crippen LogP) is 3.43. The van der Waals surface area contributed by atoms with E-state index < -0.39 is 10.0 Å². The first kappa shape index (κ1) is 16.8. The van der Waals surface area contributed by atoms with Gasteiger partial charge >= 0.3 is 0 Å². The first-order valence-corrected chi connectivity index (χ1v) is 9.08. The third-order valence-electron chi connectivity index (χ3n) is 3.14. The normalized spacial score (nSPS) is 11.4. The lowest BCUT2D eigenvalue weighted by molar-refractivity contribution is 0.600. The molecular weight excluding hydrogens is 371 g/mol. The maximum Gasteiger partial charge on any atom is 0.264 e. The fourth-order valence-electron chi connectivity index (χ4n) is 1.99. The number of aromatic nitrogens is 3. The van der Waals surface area contributed by atoms with Gasteiger partial charge in [0.05, 0.1) is 11.4 Å². The van der Waals surface area contributed by atoms with Crippen LogP contribution in [0.1, 0.15) is 5.56 Å². The molecule has 0 aliphatic carbocycles. The van der Waals surface area contributed by atoms with Gasteiger partial charge in [0.15, 0.2) is 0 Å². The van der Waals surface area contributed by atoms with Crippen LogP contribution >= 0.6 is 23.2 Å². The monoisotopic (exact) mass is 382 g/mol. The maximum absolute atomic E-state index is 12.3. The summed E-state index contributed by atoms with van der Waals surface area (Å²) in [5.41, 5.74) is 0.969. The molecule has 0 bridgehead atoms. The molecule has 0 unspecified atom stereocenters. The second kappa shape index (κ2) is 6.80. The summed E-state index contributed by atoms with van der Waals surface area (Å²) in [6, 6.07) is 13.1. The lowest BCUT2D eigenvalue weighted by Crippen LogP contribution is -2.14. The molecule has 0 aliphatic rings. The molecule has 1 heterocycles. The van der Waals surface area contributed by atoms with Crippen molar-refractivity contribution in [2.24, 2.45) is 0 Å². The molecule has 1 aromatic heterocycles. The third kappa shape index (κ3) is 4.05. The van der Waals surface area contributed by atoms with Crippen LogP contribution in [-0.2, 0) is 16.6 Å². The fraction of sp³-hybridized carbons (Fsp3) is 0.0667. The zero-order chi connectivity index (χ0) is 17.2. The van der Waals surface area contributed by atoms with Gasteiger partial charge < -0.3 is 0 Å². The maximum atomic E-state index is 12.3. The second-order valence-electron chi connectivity index (χ2n) is 4.95. The molecule has 3 rings (SSSR count). The van der Waals surface area contributed by atoms with Crippen molar-refractivity contribution in [3.05, 3.63) is 70.5 Å². The molecule has 2 aromatic carbocycles. The number of hydrogen-bond donors (Lipinski definition) is 1. The number of sulfonamides is 1. The van der Waals surface area contributed by atoms with Crippen LogP contribution in [-0.4, -0.2) is 23.2 Å². The van der Waals surface area contributed by atoms with Gasteiger partial charge in [0.2, 0.25) is 0 Å². The lowest BCUT2D eigenvalue weighted by Gasteiger charge is -2.04. The molecule has 0 fully saturated rings. The minimum absolute atomic E-state index is 0.00101. The van der Waals surface area contributed by atoms with E-state index in [1.807, 2.05) is 12.1 Å². The third-order valence-corrected chi connectivity index (χ3v) is 4.99. The summed E-state index contributed by atoms with van der Waals surface area (Å²) in [7, 11) is -3.76. The molecular formula is C15H12Cl2N4O2S. The highest BCUT2D eigenvalue weighted by Crippen LogP contribution is 2.16. The van der Waals surface area contributed by atoms with Gasteiger partial charge in [-0.05, 0) is 42.0 Å². The number of halogens is 2. The quantitative estimate of drug-likeness (QED) is 0.732. The zero-order valence-corrected chi connectivity index (χ0v) is 14.6. The second-order valence-corrected chi connectivity index (χ2v) is 7.51. The minimum atomic E-state index is -3.76. The highest BCUT2D eigenvalue weighted by molar-refractivity contribution is 7.92. The van der Waals surface area contributed by atoms with E-state index in [-0.39, 0.29) is 10.8 Å². The van der Waals surface area contributed by atoms with Crippen molar-refractivity contribution >= 4 is 39.2 Å². The molecule has 0 radical (unpaired) electrons. The van der Waals surface area contributed by atoms with E-state index in [0.29, 0.717) is 16.6 Å². The van der Waals surface area contributed by atoms with Crippen LogP contribution in [0.25, 0.3) is 0 Å². The van der Waals surface area contributed by atoms with E-state index in [9.17, 15) is 8.42 Å². The summed E-state index contributed by atoms with van der Waals surface area (Å²) >= 11 is 11.6.